The third-order valence-electron chi connectivity index (χ3n) is 5.65. The van der Waals surface area contributed by atoms with Gasteiger partial charge in [-0.25, -0.2) is 0 Å². The molecule has 4 heteroatoms. The van der Waals surface area contributed by atoms with Crippen molar-refractivity contribution in [2.45, 2.75) is 81.8 Å². The second-order valence-electron chi connectivity index (χ2n) is 7.01. The van der Waals surface area contributed by atoms with E-state index in [0.29, 0.717) is 12.1 Å². The van der Waals surface area contributed by atoms with Gasteiger partial charge in [-0.2, -0.15) is 0 Å². The summed E-state index contributed by atoms with van der Waals surface area (Å²) in [6.45, 7) is 2.13. The summed E-state index contributed by atoms with van der Waals surface area (Å²) in [7, 11) is 0. The first kappa shape index (κ1) is 14.3. The van der Waals surface area contributed by atoms with E-state index in [0.717, 1.165) is 32.2 Å². The van der Waals surface area contributed by atoms with Crippen LogP contribution in [0.2, 0.25) is 0 Å². The number of piperidine rings is 1. The van der Waals surface area contributed by atoms with Crippen LogP contribution in [0.3, 0.4) is 0 Å². The van der Waals surface area contributed by atoms with Gasteiger partial charge in [0.05, 0.1) is 0 Å². The molecule has 0 bridgehead atoms. The Hall–Kier alpha value is -0.610. The second kappa shape index (κ2) is 6.02. The van der Waals surface area contributed by atoms with E-state index in [9.17, 15) is 9.90 Å². The van der Waals surface area contributed by atoms with Crippen molar-refractivity contribution in [3.05, 3.63) is 0 Å². The predicted octanol–water partition coefficient (Wildman–Crippen LogP) is 2.38. The van der Waals surface area contributed by atoms with Crippen LogP contribution < -0.4 is 5.32 Å². The maximum atomic E-state index is 11.9. The number of nitrogens with one attached hydrogen (secondary N) is 1. The zero-order chi connectivity index (χ0) is 14.0. The van der Waals surface area contributed by atoms with E-state index in [-0.39, 0.29) is 0 Å². The van der Waals surface area contributed by atoms with Crippen molar-refractivity contribution >= 4 is 5.97 Å². The molecule has 0 spiro atoms. The van der Waals surface area contributed by atoms with Crippen LogP contribution in [0.1, 0.15) is 64.2 Å². The molecule has 3 rings (SSSR count). The molecule has 0 aromatic carbocycles. The van der Waals surface area contributed by atoms with E-state index in [1.165, 1.54) is 45.1 Å². The van der Waals surface area contributed by atoms with Crippen LogP contribution in [0.25, 0.3) is 0 Å². The molecule has 4 nitrogen and oxygen atoms in total. The van der Waals surface area contributed by atoms with Crippen molar-refractivity contribution in [2.24, 2.45) is 0 Å². The molecule has 2 saturated heterocycles. The highest BCUT2D eigenvalue weighted by molar-refractivity contribution is 5.79. The van der Waals surface area contributed by atoms with Crippen molar-refractivity contribution in [1.82, 2.24) is 10.2 Å². The first-order valence-corrected chi connectivity index (χ1v) is 8.45. The van der Waals surface area contributed by atoms with Gasteiger partial charge in [0.25, 0.3) is 0 Å². The number of fused-ring (bicyclic) bond motifs is 1. The topological polar surface area (TPSA) is 52.6 Å². The van der Waals surface area contributed by atoms with Crippen molar-refractivity contribution in [1.29, 1.82) is 0 Å². The normalized spacial score (nSPS) is 36.5. The van der Waals surface area contributed by atoms with Gasteiger partial charge in [0.15, 0.2) is 0 Å². The van der Waals surface area contributed by atoms with Gasteiger partial charge in [0, 0.05) is 18.6 Å². The molecular formula is C16H28N2O2. The average Bonchev–Trinajstić information content (AvgIpc) is 2.74. The van der Waals surface area contributed by atoms with Gasteiger partial charge >= 0.3 is 5.97 Å². The standard InChI is InChI=1S/C16H28N2O2/c19-15(20)16(17-13-6-3-1-2-4-7-13)9-11-18-10-5-8-14(18)12-16/h13-14,17H,1-12H2,(H,19,20). The Morgan fingerprint density at radius 2 is 1.80 bits per heavy atom. The fraction of sp³-hybridized carbons (Fsp3) is 0.938. The van der Waals surface area contributed by atoms with Gasteiger partial charge in [-0.1, -0.05) is 25.7 Å². The molecule has 2 N–H and O–H groups in total. The largest absolute Gasteiger partial charge is 0.480 e. The maximum absolute atomic E-state index is 11.9. The molecule has 3 fully saturated rings. The molecular weight excluding hydrogens is 252 g/mol. The van der Waals surface area contributed by atoms with Crippen LogP contribution >= 0.6 is 0 Å². The lowest BCUT2D eigenvalue weighted by molar-refractivity contribution is -0.148. The highest BCUT2D eigenvalue weighted by atomic mass is 16.4. The molecule has 1 aliphatic carbocycles. The number of carboxylic acid groups (broad SMARTS) is 1. The molecule has 0 aromatic rings. The smallest absolute Gasteiger partial charge is 0.324 e. The Morgan fingerprint density at radius 1 is 1.05 bits per heavy atom. The predicted molar refractivity (Wildman–Crippen MR) is 78.8 cm³/mol. The number of nitrogens with zero attached hydrogens (tertiary/aromatic N) is 1. The Labute approximate surface area is 121 Å². The number of rotatable bonds is 3. The Bertz CT molecular complexity index is 352. The SMILES string of the molecule is O=C(O)C1(NC2CCCCCC2)CCN2CCCC2C1. The number of aliphatic carboxylic acids is 1. The minimum Gasteiger partial charge on any atom is -0.480 e. The van der Waals surface area contributed by atoms with Gasteiger partial charge < -0.3 is 10.0 Å². The molecule has 0 amide bonds. The molecule has 0 aromatic heterocycles. The van der Waals surface area contributed by atoms with Gasteiger partial charge in [-0.15, -0.1) is 0 Å². The maximum Gasteiger partial charge on any atom is 0.324 e. The number of carbonyl (C=O) groups is 1. The molecule has 0 radical (unpaired) electrons. The van der Waals surface area contributed by atoms with E-state index in [4.69, 9.17) is 0 Å². The third-order valence-corrected chi connectivity index (χ3v) is 5.65. The summed E-state index contributed by atoms with van der Waals surface area (Å²) in [4.78, 5) is 14.4. The number of hydrogen-bond donors (Lipinski definition) is 2. The summed E-state index contributed by atoms with van der Waals surface area (Å²) in [5.41, 5.74) is -0.652. The second-order valence-corrected chi connectivity index (χ2v) is 7.01. The van der Waals surface area contributed by atoms with Gasteiger partial charge in [-0.05, 0) is 45.1 Å². The number of hydrogen-bond acceptors (Lipinski definition) is 3. The fourth-order valence-electron chi connectivity index (χ4n) is 4.46. The molecule has 20 heavy (non-hydrogen) atoms. The molecule has 114 valence electrons. The van der Waals surface area contributed by atoms with Crippen LogP contribution in [-0.2, 0) is 4.79 Å². The molecule has 3 aliphatic rings. The summed E-state index contributed by atoms with van der Waals surface area (Å²) in [5, 5.41) is 13.4. The molecule has 2 heterocycles. The van der Waals surface area contributed by atoms with Gasteiger partial charge in [0.2, 0.25) is 0 Å². The minimum absolute atomic E-state index is 0.418. The van der Waals surface area contributed by atoms with Crippen LogP contribution in [0, 0.1) is 0 Å². The lowest BCUT2D eigenvalue weighted by atomic mass is 9.82. The minimum atomic E-state index is -0.652. The van der Waals surface area contributed by atoms with Crippen molar-refractivity contribution in [3.8, 4) is 0 Å². The Kier molecular flexibility index (Phi) is 4.32. The average molecular weight is 280 g/mol. The lowest BCUT2D eigenvalue weighted by Crippen LogP contribution is -2.62. The van der Waals surface area contributed by atoms with Crippen LogP contribution in [-0.4, -0.2) is 46.7 Å². The third kappa shape index (κ3) is 2.86. The van der Waals surface area contributed by atoms with E-state index in [1.807, 2.05) is 0 Å². The van der Waals surface area contributed by atoms with Gasteiger partial charge in [0.1, 0.15) is 5.54 Å². The summed E-state index contributed by atoms with van der Waals surface area (Å²) in [5.74, 6) is -0.617. The van der Waals surface area contributed by atoms with Crippen LogP contribution in [0.15, 0.2) is 0 Å². The summed E-state index contributed by atoms with van der Waals surface area (Å²) in [6.07, 6.45) is 11.4. The Morgan fingerprint density at radius 3 is 2.50 bits per heavy atom. The summed E-state index contributed by atoms with van der Waals surface area (Å²) >= 11 is 0. The molecule has 2 unspecified atom stereocenters. The zero-order valence-electron chi connectivity index (χ0n) is 12.4. The van der Waals surface area contributed by atoms with Crippen molar-refractivity contribution in [3.63, 3.8) is 0 Å². The highest BCUT2D eigenvalue weighted by Gasteiger charge is 2.47. The van der Waals surface area contributed by atoms with Gasteiger partial charge in [-0.3, -0.25) is 10.1 Å². The molecule has 1 saturated carbocycles. The van der Waals surface area contributed by atoms with Crippen molar-refractivity contribution in [2.75, 3.05) is 13.1 Å². The van der Waals surface area contributed by atoms with E-state index in [1.54, 1.807) is 0 Å². The van der Waals surface area contributed by atoms with E-state index in [2.05, 4.69) is 10.2 Å². The lowest BCUT2D eigenvalue weighted by Gasteiger charge is -2.43. The summed E-state index contributed by atoms with van der Waals surface area (Å²) < 4.78 is 0. The zero-order valence-corrected chi connectivity index (χ0v) is 12.4. The Balaban J connectivity index is 1.69. The van der Waals surface area contributed by atoms with Crippen LogP contribution in [0.5, 0.6) is 0 Å². The monoisotopic (exact) mass is 280 g/mol. The quantitative estimate of drug-likeness (QED) is 0.779. The first-order chi connectivity index (χ1) is 9.70. The summed E-state index contributed by atoms with van der Waals surface area (Å²) in [6, 6.07) is 0.916. The molecule has 2 aliphatic heterocycles. The van der Waals surface area contributed by atoms with Crippen LogP contribution in [0.4, 0.5) is 0 Å². The van der Waals surface area contributed by atoms with E-state index < -0.39 is 11.5 Å². The van der Waals surface area contributed by atoms with Crippen molar-refractivity contribution < 1.29 is 9.90 Å². The first-order valence-electron chi connectivity index (χ1n) is 8.45. The van der Waals surface area contributed by atoms with E-state index >= 15 is 0 Å². The highest BCUT2D eigenvalue weighted by Crippen LogP contribution is 2.34. The number of carboxylic acids is 1. The molecule has 2 atom stereocenters. The fourth-order valence-corrected chi connectivity index (χ4v) is 4.46.